The number of benzene rings is 1. The van der Waals surface area contributed by atoms with Gasteiger partial charge in [-0.1, -0.05) is 19.9 Å². The monoisotopic (exact) mass is 306 g/mol. The average Bonchev–Trinajstić information content (AvgIpc) is 2.36. The van der Waals surface area contributed by atoms with E-state index in [4.69, 9.17) is 0 Å². The van der Waals surface area contributed by atoms with Crippen molar-refractivity contribution in [2.75, 3.05) is 13.1 Å². The van der Waals surface area contributed by atoms with Crippen LogP contribution in [-0.2, 0) is 12.7 Å². The Morgan fingerprint density at radius 3 is 2.33 bits per heavy atom. The fourth-order valence-electron chi connectivity index (χ4n) is 1.85. The van der Waals surface area contributed by atoms with Crippen LogP contribution >= 0.6 is 0 Å². The van der Waals surface area contributed by atoms with Crippen LogP contribution in [0.1, 0.15) is 31.9 Å². The minimum Gasteiger partial charge on any atom is -0.315 e. The zero-order valence-corrected chi connectivity index (χ0v) is 12.5. The van der Waals surface area contributed by atoms with Crippen LogP contribution in [0.25, 0.3) is 0 Å². The van der Waals surface area contributed by atoms with Crippen LogP contribution in [0.15, 0.2) is 18.2 Å². The molecule has 0 spiro atoms. The number of alkyl halides is 3. The summed E-state index contributed by atoms with van der Waals surface area (Å²) in [4.78, 5) is 0. The van der Waals surface area contributed by atoms with Crippen LogP contribution in [0.3, 0.4) is 0 Å². The Morgan fingerprint density at radius 1 is 1.10 bits per heavy atom. The van der Waals surface area contributed by atoms with Crippen LogP contribution in [0.5, 0.6) is 0 Å². The van der Waals surface area contributed by atoms with Gasteiger partial charge >= 0.3 is 6.18 Å². The Labute approximate surface area is 122 Å². The van der Waals surface area contributed by atoms with Crippen LogP contribution in [-0.4, -0.2) is 19.1 Å². The highest BCUT2D eigenvalue weighted by Gasteiger charge is 2.34. The molecule has 0 bridgehead atoms. The topological polar surface area (TPSA) is 24.1 Å². The molecule has 120 valence electrons. The molecular weight excluding hydrogens is 284 g/mol. The molecule has 0 aromatic heterocycles. The summed E-state index contributed by atoms with van der Waals surface area (Å²) in [5, 5.41) is 6.38. The number of nitrogens with one attached hydrogen (secondary N) is 2. The lowest BCUT2D eigenvalue weighted by atomic mass is 10.1. The molecule has 0 heterocycles. The van der Waals surface area contributed by atoms with Gasteiger partial charge in [0.15, 0.2) is 0 Å². The normalized spacial score (nSPS) is 13.7. The molecule has 0 aliphatic rings. The molecule has 0 radical (unpaired) electrons. The fraction of sp³-hybridized carbons (Fsp3) is 0.600. The van der Waals surface area contributed by atoms with E-state index in [1.54, 1.807) is 0 Å². The lowest BCUT2D eigenvalue weighted by molar-refractivity contribution is -0.140. The molecule has 21 heavy (non-hydrogen) atoms. The molecule has 2 N–H and O–H groups in total. The largest absolute Gasteiger partial charge is 0.419 e. The van der Waals surface area contributed by atoms with Gasteiger partial charge in [0.1, 0.15) is 5.82 Å². The lowest BCUT2D eigenvalue weighted by Crippen LogP contribution is -2.37. The summed E-state index contributed by atoms with van der Waals surface area (Å²) < 4.78 is 51.0. The highest BCUT2D eigenvalue weighted by Crippen LogP contribution is 2.31. The van der Waals surface area contributed by atoms with Gasteiger partial charge in [0.25, 0.3) is 0 Å². The van der Waals surface area contributed by atoms with E-state index in [-0.39, 0.29) is 12.6 Å². The van der Waals surface area contributed by atoms with Crippen molar-refractivity contribution >= 4 is 0 Å². The van der Waals surface area contributed by atoms with E-state index >= 15 is 0 Å². The molecule has 0 aliphatic carbocycles. The van der Waals surface area contributed by atoms with Gasteiger partial charge in [0, 0.05) is 19.1 Å². The summed E-state index contributed by atoms with van der Waals surface area (Å²) in [5.74, 6) is -0.693. The van der Waals surface area contributed by atoms with Crippen molar-refractivity contribution in [2.45, 2.75) is 39.5 Å². The highest BCUT2D eigenvalue weighted by molar-refractivity contribution is 5.27. The fourth-order valence-corrected chi connectivity index (χ4v) is 1.85. The first-order valence-corrected chi connectivity index (χ1v) is 7.00. The summed E-state index contributed by atoms with van der Waals surface area (Å²) in [5.41, 5.74) is -0.799. The van der Waals surface area contributed by atoms with Gasteiger partial charge < -0.3 is 10.6 Å². The van der Waals surface area contributed by atoms with E-state index in [9.17, 15) is 17.6 Å². The maximum absolute atomic E-state index is 13.2. The van der Waals surface area contributed by atoms with Gasteiger partial charge in [0.05, 0.1) is 5.56 Å². The number of halogens is 4. The predicted octanol–water partition coefficient (Wildman–Crippen LogP) is 3.57. The zero-order chi connectivity index (χ0) is 16.0. The minimum atomic E-state index is -4.66. The molecule has 1 aromatic rings. The quantitative estimate of drug-likeness (QED) is 0.753. The van der Waals surface area contributed by atoms with Crippen molar-refractivity contribution in [3.8, 4) is 0 Å². The van der Waals surface area contributed by atoms with Crippen molar-refractivity contribution < 1.29 is 17.6 Å². The van der Waals surface area contributed by atoms with Crippen LogP contribution in [0, 0.1) is 11.7 Å². The zero-order valence-electron chi connectivity index (χ0n) is 12.5. The van der Waals surface area contributed by atoms with Gasteiger partial charge in [-0.15, -0.1) is 0 Å². The number of hydrogen-bond donors (Lipinski definition) is 2. The van der Waals surface area contributed by atoms with Crippen molar-refractivity contribution in [3.05, 3.63) is 35.1 Å². The molecular formula is C15H22F4N2. The SMILES string of the molecule is CC(C)CNCC(C)NCc1ccc(F)c(C(F)(F)F)c1. The summed E-state index contributed by atoms with van der Waals surface area (Å²) in [7, 11) is 0. The minimum absolute atomic E-state index is 0.114. The third-order valence-electron chi connectivity index (χ3n) is 2.99. The maximum atomic E-state index is 13.2. The van der Waals surface area contributed by atoms with Crippen LogP contribution < -0.4 is 10.6 Å². The maximum Gasteiger partial charge on any atom is 0.419 e. The Morgan fingerprint density at radius 2 is 1.76 bits per heavy atom. The summed E-state index contributed by atoms with van der Waals surface area (Å²) >= 11 is 0. The third-order valence-corrected chi connectivity index (χ3v) is 2.99. The van der Waals surface area contributed by atoms with Crippen molar-refractivity contribution in [2.24, 2.45) is 5.92 Å². The smallest absolute Gasteiger partial charge is 0.315 e. The molecule has 1 atom stereocenters. The highest BCUT2D eigenvalue weighted by atomic mass is 19.4. The van der Waals surface area contributed by atoms with E-state index in [1.807, 2.05) is 6.92 Å². The molecule has 0 saturated carbocycles. The van der Waals surface area contributed by atoms with Gasteiger partial charge in [0.2, 0.25) is 0 Å². The van der Waals surface area contributed by atoms with E-state index in [0.717, 1.165) is 25.2 Å². The molecule has 1 rings (SSSR count). The van der Waals surface area contributed by atoms with Gasteiger partial charge in [-0.05, 0) is 37.1 Å². The molecule has 6 heteroatoms. The molecule has 0 amide bonds. The molecule has 0 fully saturated rings. The Hall–Kier alpha value is -1.14. The Bertz CT molecular complexity index is 444. The second-order valence-electron chi connectivity index (χ2n) is 5.65. The third kappa shape index (κ3) is 6.44. The van der Waals surface area contributed by atoms with Crippen LogP contribution in [0.2, 0.25) is 0 Å². The molecule has 0 aliphatic heterocycles. The molecule has 1 aromatic carbocycles. The van der Waals surface area contributed by atoms with Gasteiger partial charge in [-0.2, -0.15) is 13.2 Å². The lowest BCUT2D eigenvalue weighted by Gasteiger charge is -2.16. The van der Waals surface area contributed by atoms with E-state index in [1.165, 1.54) is 6.07 Å². The van der Waals surface area contributed by atoms with Crippen LogP contribution in [0.4, 0.5) is 17.6 Å². The van der Waals surface area contributed by atoms with Crippen molar-refractivity contribution in [1.29, 1.82) is 0 Å². The first-order chi connectivity index (χ1) is 9.70. The van der Waals surface area contributed by atoms with Gasteiger partial charge in [-0.3, -0.25) is 0 Å². The second-order valence-corrected chi connectivity index (χ2v) is 5.65. The second kappa shape index (κ2) is 7.75. The first-order valence-electron chi connectivity index (χ1n) is 7.00. The van der Waals surface area contributed by atoms with E-state index in [2.05, 4.69) is 24.5 Å². The average molecular weight is 306 g/mol. The molecule has 2 nitrogen and oxygen atoms in total. The van der Waals surface area contributed by atoms with Gasteiger partial charge in [-0.25, -0.2) is 4.39 Å². The Kier molecular flexibility index (Phi) is 6.61. The summed E-state index contributed by atoms with van der Waals surface area (Å²) in [6, 6.07) is 3.20. The number of hydrogen-bond acceptors (Lipinski definition) is 2. The molecule has 1 unspecified atom stereocenters. The predicted molar refractivity (Wildman–Crippen MR) is 75.4 cm³/mol. The Balaban J connectivity index is 2.52. The van der Waals surface area contributed by atoms with Crippen molar-refractivity contribution in [3.63, 3.8) is 0 Å². The summed E-state index contributed by atoms with van der Waals surface area (Å²) in [6.07, 6.45) is -4.66. The van der Waals surface area contributed by atoms with Crippen molar-refractivity contribution in [1.82, 2.24) is 10.6 Å². The first kappa shape index (κ1) is 17.9. The van der Waals surface area contributed by atoms with E-state index in [0.29, 0.717) is 11.5 Å². The summed E-state index contributed by atoms with van der Waals surface area (Å²) in [6.45, 7) is 8.03. The van der Waals surface area contributed by atoms with E-state index < -0.39 is 17.6 Å². The number of rotatable bonds is 7. The standard InChI is InChI=1S/C15H22F4N2/c1-10(2)7-20-8-11(3)21-9-12-4-5-14(16)13(6-12)15(17,18)19/h4-6,10-11,20-21H,7-9H2,1-3H3. The molecule has 0 saturated heterocycles.